The second-order valence-electron chi connectivity index (χ2n) is 11.6. The van der Waals surface area contributed by atoms with Crippen LogP contribution in [0.1, 0.15) is 27.6 Å². The molecule has 2 aromatic heterocycles. The summed E-state index contributed by atoms with van der Waals surface area (Å²) >= 11 is 14.0. The van der Waals surface area contributed by atoms with Crippen LogP contribution in [-0.4, -0.2) is 77.6 Å². The lowest BCUT2D eigenvalue weighted by Crippen LogP contribution is -2.49. The molecule has 0 spiro atoms. The van der Waals surface area contributed by atoms with E-state index in [9.17, 15) is 4.79 Å². The van der Waals surface area contributed by atoms with Crippen LogP contribution in [0.3, 0.4) is 0 Å². The molecule has 0 aliphatic carbocycles. The Morgan fingerprint density at radius 2 is 1.73 bits per heavy atom. The monoisotopic (exact) mass is 633 g/mol. The maximum atomic E-state index is 13.3. The zero-order valence-electron chi connectivity index (χ0n) is 25.5. The molecule has 0 bridgehead atoms. The lowest BCUT2D eigenvalue weighted by atomic mass is 9.98. The molecule has 4 heterocycles. The number of likely N-dealkylation sites (tertiary alicyclic amines) is 1. The number of halogens is 2. The Morgan fingerprint density at radius 3 is 2.48 bits per heavy atom. The molecule has 2 aliphatic rings. The number of carbonyl (C=O) groups excluding carboxylic acids is 1. The van der Waals surface area contributed by atoms with Crippen molar-refractivity contribution < 1.29 is 9.53 Å². The number of imidazole rings is 1. The van der Waals surface area contributed by atoms with Crippen LogP contribution in [0.2, 0.25) is 10.0 Å². The van der Waals surface area contributed by atoms with E-state index in [2.05, 4.69) is 38.5 Å². The number of nitrogens with zero attached hydrogens (tertiary/aromatic N) is 5. The SMILES string of the molecule is CNCC1CN(Cc2ccc(-c3cccc(-c4cccc(NC(=O)c5nc6c(n5C)CCN(C)C6)c4Cl)c3Cl)nc2OC)C1. The van der Waals surface area contributed by atoms with Crippen LogP contribution >= 0.6 is 23.2 Å². The number of nitrogens with one attached hydrogen (secondary N) is 2. The van der Waals surface area contributed by atoms with Crippen molar-refractivity contribution in [2.45, 2.75) is 19.5 Å². The van der Waals surface area contributed by atoms with Gasteiger partial charge < -0.3 is 24.8 Å². The average Bonchev–Trinajstić information content (AvgIpc) is 3.32. The van der Waals surface area contributed by atoms with Gasteiger partial charge in [0.05, 0.1) is 34.2 Å². The first-order chi connectivity index (χ1) is 21.3. The zero-order chi connectivity index (χ0) is 31.0. The third kappa shape index (κ3) is 5.95. The molecule has 6 rings (SSSR count). The van der Waals surface area contributed by atoms with Gasteiger partial charge in [0, 0.05) is 80.7 Å². The van der Waals surface area contributed by atoms with E-state index in [4.69, 9.17) is 32.9 Å². The van der Waals surface area contributed by atoms with Crippen molar-refractivity contribution in [3.8, 4) is 28.3 Å². The van der Waals surface area contributed by atoms with Gasteiger partial charge in [-0.1, -0.05) is 59.6 Å². The standard InChI is InChI=1S/C33H37Cl2N7O2/c1-36-15-20-16-42(17-20)18-21-11-12-25(39-33(21)44-4)24-9-5-7-22(29(24)34)23-8-6-10-26(30(23)35)38-32(43)31-37-27-19-40(2)14-13-28(27)41(31)3/h5-12,20,36H,13-19H2,1-4H3,(H,38,43). The number of hydrogen-bond acceptors (Lipinski definition) is 7. The fourth-order valence-corrected chi connectivity index (χ4v) is 6.80. The van der Waals surface area contributed by atoms with Crippen molar-refractivity contribution in [2.75, 3.05) is 52.7 Å². The van der Waals surface area contributed by atoms with E-state index < -0.39 is 0 Å². The second kappa shape index (κ2) is 12.9. The second-order valence-corrected chi connectivity index (χ2v) is 12.4. The molecule has 9 nitrogen and oxygen atoms in total. The number of aromatic nitrogens is 3. The van der Waals surface area contributed by atoms with Gasteiger partial charge in [0.25, 0.3) is 5.91 Å². The predicted octanol–water partition coefficient (Wildman–Crippen LogP) is 5.36. The maximum absolute atomic E-state index is 13.3. The van der Waals surface area contributed by atoms with Gasteiger partial charge in [0.2, 0.25) is 5.88 Å². The third-order valence-corrected chi connectivity index (χ3v) is 9.33. The number of rotatable bonds is 9. The van der Waals surface area contributed by atoms with Crippen molar-refractivity contribution in [1.29, 1.82) is 0 Å². The van der Waals surface area contributed by atoms with Crippen molar-refractivity contribution >= 4 is 34.8 Å². The topological polar surface area (TPSA) is 87.5 Å². The fraction of sp³-hybridized carbons (Fsp3) is 0.364. The number of carbonyl (C=O) groups is 1. The van der Waals surface area contributed by atoms with E-state index in [1.54, 1.807) is 13.2 Å². The van der Waals surface area contributed by atoms with E-state index >= 15 is 0 Å². The van der Waals surface area contributed by atoms with Crippen LogP contribution in [0.15, 0.2) is 48.5 Å². The highest BCUT2D eigenvalue weighted by Gasteiger charge is 2.27. The summed E-state index contributed by atoms with van der Waals surface area (Å²) in [6.45, 7) is 5.59. The van der Waals surface area contributed by atoms with Crippen molar-refractivity contribution in [2.24, 2.45) is 13.0 Å². The van der Waals surface area contributed by atoms with E-state index in [1.165, 1.54) is 0 Å². The van der Waals surface area contributed by atoms with Crippen LogP contribution in [0.25, 0.3) is 22.4 Å². The van der Waals surface area contributed by atoms with Gasteiger partial charge in [0.1, 0.15) is 0 Å². The van der Waals surface area contributed by atoms with Gasteiger partial charge in [-0.3, -0.25) is 9.69 Å². The Balaban J connectivity index is 1.24. The summed E-state index contributed by atoms with van der Waals surface area (Å²) in [6.07, 6.45) is 0.854. The Morgan fingerprint density at radius 1 is 1.00 bits per heavy atom. The van der Waals surface area contributed by atoms with E-state index in [1.807, 2.05) is 55.1 Å². The predicted molar refractivity (Wildman–Crippen MR) is 176 cm³/mol. The molecule has 4 aromatic rings. The number of methoxy groups -OCH3 is 1. The molecule has 2 N–H and O–H groups in total. The van der Waals surface area contributed by atoms with Crippen molar-refractivity contribution in [3.63, 3.8) is 0 Å². The normalized spacial score (nSPS) is 15.6. The summed E-state index contributed by atoms with van der Waals surface area (Å²) < 4.78 is 7.57. The minimum atomic E-state index is -0.310. The van der Waals surface area contributed by atoms with E-state index in [0.29, 0.717) is 44.6 Å². The number of anilines is 1. The molecule has 1 fully saturated rings. The Hall–Kier alpha value is -3.47. The number of benzene rings is 2. The first-order valence-corrected chi connectivity index (χ1v) is 15.6. The van der Waals surface area contributed by atoms with Gasteiger partial charge in [-0.15, -0.1) is 0 Å². The quantitative estimate of drug-likeness (QED) is 0.257. The molecule has 44 heavy (non-hydrogen) atoms. The molecule has 0 atom stereocenters. The molecule has 0 radical (unpaired) electrons. The average molecular weight is 635 g/mol. The molecular formula is C33H37Cl2N7O2. The largest absolute Gasteiger partial charge is 0.481 e. The van der Waals surface area contributed by atoms with Crippen LogP contribution in [0.5, 0.6) is 5.88 Å². The summed E-state index contributed by atoms with van der Waals surface area (Å²) in [5, 5.41) is 7.13. The molecule has 2 aliphatic heterocycles. The van der Waals surface area contributed by atoms with Crippen molar-refractivity contribution in [3.05, 3.63) is 81.4 Å². The first-order valence-electron chi connectivity index (χ1n) is 14.8. The Kier molecular flexibility index (Phi) is 8.94. The van der Waals surface area contributed by atoms with Crippen molar-refractivity contribution in [1.82, 2.24) is 29.7 Å². The molecular weight excluding hydrogens is 597 g/mol. The summed E-state index contributed by atoms with van der Waals surface area (Å²) in [5.74, 6) is 1.32. The summed E-state index contributed by atoms with van der Waals surface area (Å²) in [7, 11) is 7.58. The number of hydrogen-bond donors (Lipinski definition) is 2. The zero-order valence-corrected chi connectivity index (χ0v) is 27.0. The molecule has 1 amide bonds. The molecule has 1 saturated heterocycles. The summed E-state index contributed by atoms with van der Waals surface area (Å²) in [6, 6.07) is 15.3. The van der Waals surface area contributed by atoms with Gasteiger partial charge in [-0.25, -0.2) is 9.97 Å². The van der Waals surface area contributed by atoms with Crippen LogP contribution < -0.4 is 15.4 Å². The van der Waals surface area contributed by atoms with E-state index in [0.717, 1.165) is 73.8 Å². The van der Waals surface area contributed by atoms with Crippen LogP contribution in [0.4, 0.5) is 5.69 Å². The third-order valence-electron chi connectivity index (χ3n) is 8.51. The molecule has 11 heteroatoms. The number of likely N-dealkylation sites (N-methyl/N-ethyl adjacent to an activating group) is 1. The highest BCUT2D eigenvalue weighted by molar-refractivity contribution is 6.39. The summed E-state index contributed by atoms with van der Waals surface area (Å²) in [5.41, 5.74) is 6.47. The highest BCUT2D eigenvalue weighted by atomic mass is 35.5. The minimum absolute atomic E-state index is 0.310. The molecule has 0 saturated carbocycles. The van der Waals surface area contributed by atoms with Crippen LogP contribution in [-0.2, 0) is 26.6 Å². The number of amides is 1. The van der Waals surface area contributed by atoms with E-state index in [-0.39, 0.29) is 5.91 Å². The van der Waals surface area contributed by atoms with Gasteiger partial charge >= 0.3 is 0 Å². The maximum Gasteiger partial charge on any atom is 0.291 e. The lowest BCUT2D eigenvalue weighted by Gasteiger charge is -2.39. The Bertz CT molecular complexity index is 1700. The lowest BCUT2D eigenvalue weighted by molar-refractivity contribution is 0.0920. The highest BCUT2D eigenvalue weighted by Crippen LogP contribution is 2.41. The van der Waals surface area contributed by atoms with Gasteiger partial charge in [-0.2, -0.15) is 0 Å². The number of pyridine rings is 1. The smallest absolute Gasteiger partial charge is 0.291 e. The molecule has 230 valence electrons. The Labute approximate surface area is 268 Å². The first kappa shape index (κ1) is 30.6. The van der Waals surface area contributed by atoms with Gasteiger partial charge in [0.15, 0.2) is 5.82 Å². The summed E-state index contributed by atoms with van der Waals surface area (Å²) in [4.78, 5) is 27.4. The number of ether oxygens (including phenoxy) is 1. The molecule has 0 unspecified atom stereocenters. The van der Waals surface area contributed by atoms with Gasteiger partial charge in [-0.05, 0) is 32.1 Å². The number of fused-ring (bicyclic) bond motifs is 1. The fourth-order valence-electron chi connectivity index (χ4n) is 6.20. The minimum Gasteiger partial charge on any atom is -0.481 e. The van der Waals surface area contributed by atoms with Crippen LogP contribution in [0, 0.1) is 5.92 Å². The molecule has 2 aromatic carbocycles.